The van der Waals surface area contributed by atoms with E-state index in [2.05, 4.69) is 20.6 Å². The van der Waals surface area contributed by atoms with Gasteiger partial charge in [0.2, 0.25) is 11.8 Å². The molecule has 0 amide bonds. The minimum absolute atomic E-state index is 0.0626. The van der Waals surface area contributed by atoms with Gasteiger partial charge >= 0.3 is 5.69 Å². The van der Waals surface area contributed by atoms with Crippen LogP contribution >= 0.6 is 0 Å². The molecule has 0 aliphatic carbocycles. The lowest BCUT2D eigenvalue weighted by Gasteiger charge is -2.12. The van der Waals surface area contributed by atoms with Crippen LogP contribution < -0.4 is 10.6 Å². The normalized spacial score (nSPS) is 18.3. The minimum Gasteiger partial charge on any atom is -0.379 e. The van der Waals surface area contributed by atoms with Crippen LogP contribution in [0.3, 0.4) is 0 Å². The number of aromatic nitrogens is 2. The quantitative estimate of drug-likeness (QED) is 0.593. The number of nitrogens with one attached hydrogen (secondary N) is 2. The Kier molecular flexibility index (Phi) is 4.45. The Labute approximate surface area is 110 Å². The summed E-state index contributed by atoms with van der Waals surface area (Å²) in [5.74, 6) is 0.642. The summed E-state index contributed by atoms with van der Waals surface area (Å²) in [7, 11) is 0. The molecule has 1 saturated heterocycles. The van der Waals surface area contributed by atoms with Gasteiger partial charge in [-0.1, -0.05) is 6.92 Å². The zero-order chi connectivity index (χ0) is 13.7. The maximum Gasteiger partial charge on any atom is 0.329 e. The number of hydrogen-bond acceptors (Lipinski definition) is 7. The van der Waals surface area contributed by atoms with Gasteiger partial charge in [0.25, 0.3) is 0 Å². The summed E-state index contributed by atoms with van der Waals surface area (Å²) in [4.78, 5) is 18.6. The Morgan fingerprint density at radius 3 is 3.11 bits per heavy atom. The third-order valence-electron chi connectivity index (χ3n) is 2.77. The molecule has 1 aliphatic heterocycles. The number of ether oxygens (including phenoxy) is 1. The first-order valence-corrected chi connectivity index (χ1v) is 6.30. The minimum atomic E-state index is -0.484. The smallest absolute Gasteiger partial charge is 0.329 e. The van der Waals surface area contributed by atoms with Crippen molar-refractivity contribution in [3.8, 4) is 0 Å². The molecule has 0 spiro atoms. The van der Waals surface area contributed by atoms with E-state index >= 15 is 0 Å². The first-order valence-electron chi connectivity index (χ1n) is 6.30. The monoisotopic (exact) mass is 267 g/mol. The number of nitrogens with zero attached hydrogens (tertiary/aromatic N) is 3. The lowest BCUT2D eigenvalue weighted by molar-refractivity contribution is -0.384. The molecule has 2 N–H and O–H groups in total. The van der Waals surface area contributed by atoms with Crippen LogP contribution in [0, 0.1) is 10.1 Å². The van der Waals surface area contributed by atoms with Crippen LogP contribution in [0.25, 0.3) is 0 Å². The second-order valence-electron chi connectivity index (χ2n) is 4.32. The molecule has 1 aliphatic rings. The molecule has 1 fully saturated rings. The first-order chi connectivity index (χ1) is 9.20. The van der Waals surface area contributed by atoms with Gasteiger partial charge in [0.15, 0.2) is 0 Å². The first kappa shape index (κ1) is 13.5. The molecule has 1 unspecified atom stereocenters. The zero-order valence-electron chi connectivity index (χ0n) is 10.8. The van der Waals surface area contributed by atoms with Gasteiger partial charge in [0, 0.05) is 13.2 Å². The fraction of sp³-hybridized carbons (Fsp3) is 0.636. The van der Waals surface area contributed by atoms with E-state index in [9.17, 15) is 10.1 Å². The summed E-state index contributed by atoms with van der Waals surface area (Å²) in [6.07, 6.45) is 2.97. The molecule has 0 bridgehead atoms. The van der Waals surface area contributed by atoms with Crippen LogP contribution in [0.15, 0.2) is 6.20 Å². The van der Waals surface area contributed by atoms with Crippen molar-refractivity contribution in [1.29, 1.82) is 0 Å². The topological polar surface area (TPSA) is 102 Å². The summed E-state index contributed by atoms with van der Waals surface area (Å²) in [6, 6.07) is 0.0626. The van der Waals surface area contributed by atoms with Crippen LogP contribution in [0.1, 0.15) is 19.8 Å². The molecule has 2 heterocycles. The number of hydrogen-bond donors (Lipinski definition) is 2. The Morgan fingerprint density at radius 2 is 2.47 bits per heavy atom. The van der Waals surface area contributed by atoms with Crippen molar-refractivity contribution >= 4 is 17.5 Å². The Bertz CT molecular complexity index is 448. The van der Waals surface area contributed by atoms with Gasteiger partial charge in [-0.3, -0.25) is 10.1 Å². The standard InChI is InChI=1S/C11H17N5O3/c1-2-4-12-11-13-6-9(16(17)18)10(15-11)14-8-3-5-19-7-8/h6,8H,2-5,7H2,1H3,(H2,12,13,14,15). The maximum atomic E-state index is 11.0. The summed E-state index contributed by atoms with van der Waals surface area (Å²) >= 11 is 0. The van der Waals surface area contributed by atoms with Crippen molar-refractivity contribution in [3.63, 3.8) is 0 Å². The van der Waals surface area contributed by atoms with Gasteiger partial charge in [0.05, 0.1) is 17.6 Å². The fourth-order valence-electron chi connectivity index (χ4n) is 1.78. The van der Waals surface area contributed by atoms with Gasteiger partial charge in [-0.15, -0.1) is 0 Å². The van der Waals surface area contributed by atoms with E-state index in [0.717, 1.165) is 19.4 Å². The Hall–Kier alpha value is -1.96. The van der Waals surface area contributed by atoms with Crippen molar-refractivity contribution in [2.75, 3.05) is 30.4 Å². The van der Waals surface area contributed by atoms with E-state index < -0.39 is 4.92 Å². The molecule has 8 nitrogen and oxygen atoms in total. The van der Waals surface area contributed by atoms with Crippen LogP contribution in [0.5, 0.6) is 0 Å². The van der Waals surface area contributed by atoms with Gasteiger partial charge in [-0.25, -0.2) is 4.98 Å². The molecule has 1 aromatic rings. The second kappa shape index (κ2) is 6.28. The van der Waals surface area contributed by atoms with Gasteiger partial charge < -0.3 is 15.4 Å². The summed E-state index contributed by atoms with van der Waals surface area (Å²) in [5, 5.41) is 17.0. The van der Waals surface area contributed by atoms with Crippen molar-refractivity contribution in [1.82, 2.24) is 9.97 Å². The third kappa shape index (κ3) is 3.50. The molecule has 1 atom stereocenters. The lowest BCUT2D eigenvalue weighted by atomic mass is 10.2. The highest BCUT2D eigenvalue weighted by atomic mass is 16.6. The molecule has 104 valence electrons. The van der Waals surface area contributed by atoms with Crippen LogP contribution in [-0.4, -0.2) is 40.7 Å². The van der Waals surface area contributed by atoms with Gasteiger partial charge in [-0.05, 0) is 12.8 Å². The predicted molar refractivity (Wildman–Crippen MR) is 70.3 cm³/mol. The molecule has 8 heteroatoms. The van der Waals surface area contributed by atoms with Crippen molar-refractivity contribution < 1.29 is 9.66 Å². The average molecular weight is 267 g/mol. The largest absolute Gasteiger partial charge is 0.379 e. The number of anilines is 2. The fourth-order valence-corrected chi connectivity index (χ4v) is 1.78. The second-order valence-corrected chi connectivity index (χ2v) is 4.32. The molecule has 0 aromatic carbocycles. The Balaban J connectivity index is 2.17. The highest BCUT2D eigenvalue weighted by Gasteiger charge is 2.22. The van der Waals surface area contributed by atoms with Crippen molar-refractivity contribution in [2.45, 2.75) is 25.8 Å². The average Bonchev–Trinajstić information content (AvgIpc) is 2.89. The summed E-state index contributed by atoms with van der Waals surface area (Å²) in [6.45, 7) is 3.95. The van der Waals surface area contributed by atoms with E-state index in [1.807, 2.05) is 6.92 Å². The molecular weight excluding hydrogens is 250 g/mol. The van der Waals surface area contributed by atoms with E-state index in [-0.39, 0.29) is 17.5 Å². The maximum absolute atomic E-state index is 11.0. The van der Waals surface area contributed by atoms with Gasteiger partial charge in [-0.2, -0.15) is 4.98 Å². The molecule has 0 saturated carbocycles. The number of rotatable bonds is 6. The van der Waals surface area contributed by atoms with Crippen LogP contribution in [0.2, 0.25) is 0 Å². The highest BCUT2D eigenvalue weighted by molar-refractivity contribution is 5.57. The highest BCUT2D eigenvalue weighted by Crippen LogP contribution is 2.24. The Morgan fingerprint density at radius 1 is 1.63 bits per heavy atom. The lowest BCUT2D eigenvalue weighted by Crippen LogP contribution is -2.21. The number of nitro groups is 1. The van der Waals surface area contributed by atoms with Crippen LogP contribution in [0.4, 0.5) is 17.5 Å². The van der Waals surface area contributed by atoms with E-state index in [0.29, 0.717) is 19.2 Å². The molecule has 19 heavy (non-hydrogen) atoms. The van der Waals surface area contributed by atoms with Crippen LogP contribution in [-0.2, 0) is 4.74 Å². The van der Waals surface area contributed by atoms with Crippen molar-refractivity contribution in [3.05, 3.63) is 16.3 Å². The third-order valence-corrected chi connectivity index (χ3v) is 2.77. The summed E-state index contributed by atoms with van der Waals surface area (Å²) in [5.41, 5.74) is -0.117. The van der Waals surface area contributed by atoms with Crippen molar-refractivity contribution in [2.24, 2.45) is 0 Å². The van der Waals surface area contributed by atoms with E-state index in [1.54, 1.807) is 0 Å². The zero-order valence-corrected chi connectivity index (χ0v) is 10.8. The van der Waals surface area contributed by atoms with Gasteiger partial charge in [0.1, 0.15) is 6.20 Å². The molecular formula is C11H17N5O3. The molecule has 2 rings (SSSR count). The predicted octanol–water partition coefficient (Wildman–Crippen LogP) is 1.41. The molecule has 0 radical (unpaired) electrons. The SMILES string of the molecule is CCCNc1ncc([N+](=O)[O-])c(NC2CCOC2)n1. The molecule has 1 aromatic heterocycles. The van der Waals surface area contributed by atoms with E-state index in [1.165, 1.54) is 6.20 Å². The summed E-state index contributed by atoms with van der Waals surface area (Å²) < 4.78 is 5.23. The van der Waals surface area contributed by atoms with E-state index in [4.69, 9.17) is 4.74 Å².